The summed E-state index contributed by atoms with van der Waals surface area (Å²) in [5.74, 6) is -1.42. The van der Waals surface area contributed by atoms with Gasteiger partial charge in [0.15, 0.2) is 4.80 Å². The van der Waals surface area contributed by atoms with Crippen LogP contribution < -0.4 is 14.9 Å². The van der Waals surface area contributed by atoms with Crippen molar-refractivity contribution in [3.8, 4) is 0 Å². The Kier molecular flexibility index (Phi) is 5.88. The number of carbonyl (C=O) groups excluding carboxylic acids is 1. The summed E-state index contributed by atoms with van der Waals surface area (Å²) >= 11 is 1.31. The molecule has 8 heteroatoms. The van der Waals surface area contributed by atoms with Crippen LogP contribution in [-0.2, 0) is 11.2 Å². The van der Waals surface area contributed by atoms with E-state index >= 15 is 0 Å². The molecule has 4 aromatic rings. The quantitative estimate of drug-likeness (QED) is 0.411. The van der Waals surface area contributed by atoms with Crippen LogP contribution in [0.15, 0.2) is 88.2 Å². The van der Waals surface area contributed by atoms with E-state index in [1.54, 1.807) is 34.9 Å². The number of allylic oxidation sites excluding steroid dienone is 1. The number of aryl methyl sites for hydroxylation is 1. The number of carbonyl (C=O) groups is 2. The Bertz CT molecular complexity index is 1810. The van der Waals surface area contributed by atoms with Crippen molar-refractivity contribution in [2.75, 3.05) is 7.11 Å². The van der Waals surface area contributed by atoms with Gasteiger partial charge in [0.2, 0.25) is 0 Å². The number of rotatable bonds is 4. The lowest BCUT2D eigenvalue weighted by molar-refractivity contribution is 0.0599. The zero-order chi connectivity index (χ0) is 26.4. The van der Waals surface area contributed by atoms with Gasteiger partial charge < -0.3 is 9.84 Å². The third kappa shape index (κ3) is 3.99. The number of methoxy groups -OCH3 is 1. The maximum atomic E-state index is 13.8. The summed E-state index contributed by atoms with van der Waals surface area (Å²) in [7, 11) is 1.35. The number of carboxylic acid groups (broad SMARTS) is 1. The number of fused-ring (bicyclic) bond motifs is 3. The zero-order valence-corrected chi connectivity index (χ0v) is 21.2. The van der Waals surface area contributed by atoms with Crippen LogP contribution in [0.1, 0.15) is 55.4 Å². The minimum atomic E-state index is -1.000. The largest absolute Gasteiger partial charge is 0.478 e. The van der Waals surface area contributed by atoms with E-state index in [2.05, 4.69) is 12.1 Å². The molecular formula is C30H22N2O5S. The van der Waals surface area contributed by atoms with E-state index in [0.29, 0.717) is 14.9 Å². The number of benzene rings is 3. The molecule has 2 heterocycles. The van der Waals surface area contributed by atoms with Gasteiger partial charge >= 0.3 is 11.9 Å². The van der Waals surface area contributed by atoms with Gasteiger partial charge in [0.1, 0.15) is 0 Å². The molecule has 0 amide bonds. The molecule has 1 aliphatic heterocycles. The molecule has 3 aromatic carbocycles. The van der Waals surface area contributed by atoms with Crippen LogP contribution in [0.3, 0.4) is 0 Å². The third-order valence-electron chi connectivity index (χ3n) is 6.98. The fourth-order valence-corrected chi connectivity index (χ4v) is 6.12. The van der Waals surface area contributed by atoms with Crippen LogP contribution in [0.5, 0.6) is 0 Å². The lowest BCUT2D eigenvalue weighted by Crippen LogP contribution is -2.38. The predicted molar refractivity (Wildman–Crippen MR) is 144 cm³/mol. The molecule has 0 saturated carbocycles. The Hall–Kier alpha value is -4.56. The van der Waals surface area contributed by atoms with Gasteiger partial charge in [-0.3, -0.25) is 9.36 Å². The number of hydrogen-bond acceptors (Lipinski definition) is 6. The standard InChI is InChI=1S/C30H22N2O5S/c1-37-29(36)21-12-10-19(11-13-21)26-23-15-14-18-4-2-3-5-22(18)25(23)31-30-32(26)27(33)24(38-30)16-17-6-8-20(9-7-17)28(34)35/h2-13,16,26H,14-15H2,1H3,(H,34,35). The van der Waals surface area contributed by atoms with Gasteiger partial charge in [-0.15, -0.1) is 0 Å². The van der Waals surface area contributed by atoms with Crippen LogP contribution >= 0.6 is 11.3 Å². The maximum absolute atomic E-state index is 13.8. The second-order valence-corrected chi connectivity index (χ2v) is 10.2. The summed E-state index contributed by atoms with van der Waals surface area (Å²) in [6.45, 7) is 0. The minimum absolute atomic E-state index is 0.163. The Balaban J connectivity index is 1.55. The highest BCUT2D eigenvalue weighted by atomic mass is 32.1. The first kappa shape index (κ1) is 23.8. The van der Waals surface area contributed by atoms with E-state index in [0.717, 1.165) is 40.8 Å². The van der Waals surface area contributed by atoms with Crippen molar-refractivity contribution in [2.24, 2.45) is 4.99 Å². The summed E-state index contributed by atoms with van der Waals surface area (Å²) in [6, 6.07) is 21.4. The van der Waals surface area contributed by atoms with Crippen molar-refractivity contribution in [1.82, 2.24) is 4.57 Å². The third-order valence-corrected chi connectivity index (χ3v) is 7.96. The van der Waals surface area contributed by atoms with Crippen molar-refractivity contribution in [2.45, 2.75) is 18.9 Å². The number of nitrogens with zero attached hydrogens (tertiary/aromatic N) is 2. The molecule has 1 N–H and O–H groups in total. The van der Waals surface area contributed by atoms with Crippen molar-refractivity contribution < 1.29 is 19.4 Å². The molecule has 2 aliphatic rings. The number of ether oxygens (including phenoxy) is 1. The molecule has 0 saturated heterocycles. The highest BCUT2D eigenvalue weighted by Crippen LogP contribution is 2.41. The van der Waals surface area contributed by atoms with E-state index in [9.17, 15) is 19.5 Å². The van der Waals surface area contributed by atoms with Crippen LogP contribution in [-0.4, -0.2) is 28.7 Å². The number of esters is 1. The van der Waals surface area contributed by atoms with E-state index in [4.69, 9.17) is 9.73 Å². The van der Waals surface area contributed by atoms with Crippen molar-refractivity contribution in [1.29, 1.82) is 0 Å². The van der Waals surface area contributed by atoms with Crippen molar-refractivity contribution in [3.63, 3.8) is 0 Å². The molecule has 1 atom stereocenters. The van der Waals surface area contributed by atoms with E-state index < -0.39 is 11.9 Å². The first-order valence-corrected chi connectivity index (χ1v) is 12.9. The Morgan fingerprint density at radius 1 is 1.00 bits per heavy atom. The minimum Gasteiger partial charge on any atom is -0.478 e. The number of thiazole rings is 1. The summed E-state index contributed by atoms with van der Waals surface area (Å²) < 4.78 is 7.10. The predicted octanol–water partition coefficient (Wildman–Crippen LogP) is 3.80. The molecule has 1 aromatic heterocycles. The molecule has 38 heavy (non-hydrogen) atoms. The van der Waals surface area contributed by atoms with Crippen molar-refractivity contribution >= 4 is 35.0 Å². The molecule has 0 radical (unpaired) electrons. The van der Waals surface area contributed by atoms with Gasteiger partial charge in [0.05, 0.1) is 34.5 Å². The van der Waals surface area contributed by atoms with Crippen LogP contribution in [0, 0.1) is 0 Å². The second-order valence-electron chi connectivity index (χ2n) is 9.15. The highest BCUT2D eigenvalue weighted by Gasteiger charge is 2.32. The number of aromatic nitrogens is 1. The van der Waals surface area contributed by atoms with E-state index in [-0.39, 0.29) is 17.2 Å². The molecule has 0 spiro atoms. The van der Waals surface area contributed by atoms with E-state index in [1.165, 1.54) is 36.1 Å². The average molecular weight is 523 g/mol. The number of aromatic carboxylic acids is 1. The van der Waals surface area contributed by atoms with Gasteiger partial charge in [-0.1, -0.05) is 59.9 Å². The first-order chi connectivity index (χ1) is 18.4. The summed E-state index contributed by atoms with van der Waals surface area (Å²) in [4.78, 5) is 42.6. The van der Waals surface area contributed by atoms with Crippen LogP contribution in [0.25, 0.3) is 11.8 Å². The number of carboxylic acids is 1. The molecule has 1 aliphatic carbocycles. The van der Waals surface area contributed by atoms with Gasteiger partial charge in [-0.05, 0) is 65.4 Å². The Morgan fingerprint density at radius 3 is 2.42 bits per heavy atom. The topological polar surface area (TPSA) is 98.0 Å². The Labute approximate surface area is 221 Å². The van der Waals surface area contributed by atoms with Crippen LogP contribution in [0.2, 0.25) is 0 Å². The lowest BCUT2D eigenvalue weighted by Gasteiger charge is -2.30. The monoisotopic (exact) mass is 522 g/mol. The molecule has 0 fully saturated rings. The SMILES string of the molecule is COC(=O)c1ccc(C2C3=C(N=c4sc(=Cc5ccc(C(=O)O)cc5)c(=O)n42)c2ccccc2CC3)cc1. The molecule has 1 unspecified atom stereocenters. The summed E-state index contributed by atoms with van der Waals surface area (Å²) in [6.07, 6.45) is 3.38. The first-order valence-electron chi connectivity index (χ1n) is 12.1. The van der Waals surface area contributed by atoms with Crippen molar-refractivity contribution in [3.05, 3.63) is 131 Å². The van der Waals surface area contributed by atoms with Gasteiger partial charge in [0, 0.05) is 5.56 Å². The molecule has 0 bridgehead atoms. The fraction of sp³-hybridized carbons (Fsp3) is 0.133. The summed E-state index contributed by atoms with van der Waals surface area (Å²) in [5, 5.41) is 9.19. The van der Waals surface area contributed by atoms with Crippen LogP contribution in [0.4, 0.5) is 0 Å². The molecule has 6 rings (SSSR count). The average Bonchev–Trinajstić information content (AvgIpc) is 3.26. The maximum Gasteiger partial charge on any atom is 0.337 e. The second kappa shape index (κ2) is 9.39. The summed E-state index contributed by atoms with van der Waals surface area (Å²) in [5.41, 5.74) is 6.35. The highest BCUT2D eigenvalue weighted by molar-refractivity contribution is 7.07. The zero-order valence-electron chi connectivity index (χ0n) is 20.4. The Morgan fingerprint density at radius 2 is 1.71 bits per heavy atom. The molecular weight excluding hydrogens is 500 g/mol. The van der Waals surface area contributed by atoms with Gasteiger partial charge in [-0.2, -0.15) is 0 Å². The molecule has 7 nitrogen and oxygen atoms in total. The lowest BCUT2D eigenvalue weighted by atomic mass is 9.83. The fourth-order valence-electron chi connectivity index (χ4n) is 5.12. The van der Waals surface area contributed by atoms with Gasteiger partial charge in [-0.25, -0.2) is 14.6 Å². The van der Waals surface area contributed by atoms with Gasteiger partial charge in [0.25, 0.3) is 5.56 Å². The molecule has 188 valence electrons. The van der Waals surface area contributed by atoms with E-state index in [1.807, 2.05) is 24.3 Å². The number of hydrogen-bond donors (Lipinski definition) is 1. The smallest absolute Gasteiger partial charge is 0.337 e. The normalized spacial score (nSPS) is 16.2.